The van der Waals surface area contributed by atoms with E-state index in [0.717, 1.165) is 6.42 Å². The molecule has 122 valence electrons. The average Bonchev–Trinajstić information content (AvgIpc) is 3.16. The minimum atomic E-state index is -0.483. The van der Waals surface area contributed by atoms with E-state index in [4.69, 9.17) is 4.74 Å². The minimum absolute atomic E-state index is 0.342. The predicted octanol–water partition coefficient (Wildman–Crippen LogP) is 2.26. The van der Waals surface area contributed by atoms with Gasteiger partial charge in [-0.3, -0.25) is 4.90 Å². The van der Waals surface area contributed by atoms with Crippen LogP contribution in [-0.2, 0) is 11.3 Å². The Morgan fingerprint density at radius 2 is 2.35 bits per heavy atom. The van der Waals surface area contributed by atoms with Gasteiger partial charge in [0.15, 0.2) is 0 Å². The fraction of sp³-hybridized carbons (Fsp3) is 0.400. The van der Waals surface area contributed by atoms with Crippen LogP contribution >= 0.6 is 0 Å². The number of halogens is 1. The van der Waals surface area contributed by atoms with Gasteiger partial charge in [0, 0.05) is 12.7 Å². The van der Waals surface area contributed by atoms with E-state index in [2.05, 4.69) is 15.6 Å². The number of hydrogen-bond donors (Lipinski definition) is 1. The Morgan fingerprint density at radius 1 is 1.48 bits per heavy atom. The van der Waals surface area contributed by atoms with E-state index in [9.17, 15) is 9.18 Å². The highest BCUT2D eigenvalue weighted by Crippen LogP contribution is 2.26. The molecule has 0 spiro atoms. The molecule has 1 fully saturated rings. The molecule has 2 aromatic rings. The molecule has 1 aromatic heterocycles. The van der Waals surface area contributed by atoms with Crippen LogP contribution in [0, 0.1) is 5.82 Å². The van der Waals surface area contributed by atoms with Crippen molar-refractivity contribution in [3.8, 4) is 0 Å². The van der Waals surface area contributed by atoms with Crippen LogP contribution < -0.4 is 10.2 Å². The van der Waals surface area contributed by atoms with E-state index in [1.165, 1.54) is 11.0 Å². The van der Waals surface area contributed by atoms with Crippen LogP contribution in [-0.4, -0.2) is 40.3 Å². The first-order valence-corrected chi connectivity index (χ1v) is 7.53. The molecule has 1 aromatic carbocycles. The van der Waals surface area contributed by atoms with E-state index in [-0.39, 0.29) is 11.9 Å². The molecule has 0 saturated carbocycles. The van der Waals surface area contributed by atoms with Crippen LogP contribution in [0.3, 0.4) is 0 Å². The molecule has 23 heavy (non-hydrogen) atoms. The maximum absolute atomic E-state index is 14.1. The summed E-state index contributed by atoms with van der Waals surface area (Å²) in [5.41, 5.74) is 0.915. The molecule has 0 unspecified atom stereocenters. The zero-order valence-corrected chi connectivity index (χ0v) is 12.8. The summed E-state index contributed by atoms with van der Waals surface area (Å²) in [5.74, 6) is -0.386. The average molecular weight is 319 g/mol. The number of nitrogens with one attached hydrogen (secondary N) is 1. The first kappa shape index (κ1) is 15.3. The number of anilines is 2. The number of amides is 1. The van der Waals surface area contributed by atoms with E-state index in [1.807, 2.05) is 6.92 Å². The topological polar surface area (TPSA) is 72.3 Å². The second-order valence-electron chi connectivity index (χ2n) is 5.33. The first-order chi connectivity index (χ1) is 11.2. The van der Waals surface area contributed by atoms with Crippen LogP contribution in [0.25, 0.3) is 0 Å². The Labute approximate surface area is 133 Å². The quantitative estimate of drug-likeness (QED) is 0.884. The van der Waals surface area contributed by atoms with Gasteiger partial charge in [-0.05, 0) is 24.6 Å². The standard InChI is InChI=1S/C15H18FN5O2/c1-2-5-17-14-4-3-11(8-13(14)16)21-10-12(23-15(21)22)9-20-7-6-18-19-20/h3-4,6-8,12,17H,2,5,9-10H2,1H3/t12-/m0/s1. The van der Waals surface area contributed by atoms with Gasteiger partial charge in [0.25, 0.3) is 0 Å². The maximum atomic E-state index is 14.1. The fourth-order valence-electron chi connectivity index (χ4n) is 2.44. The molecular formula is C15H18FN5O2. The van der Waals surface area contributed by atoms with Crippen LogP contribution in [0.5, 0.6) is 0 Å². The van der Waals surface area contributed by atoms with E-state index in [1.54, 1.807) is 29.2 Å². The van der Waals surface area contributed by atoms with Crippen molar-refractivity contribution in [1.82, 2.24) is 15.0 Å². The Balaban J connectivity index is 1.69. The fourth-order valence-corrected chi connectivity index (χ4v) is 2.44. The number of rotatable bonds is 6. The highest BCUT2D eigenvalue weighted by Gasteiger charge is 2.33. The molecular weight excluding hydrogens is 301 g/mol. The molecule has 0 aliphatic carbocycles. The van der Waals surface area contributed by atoms with Gasteiger partial charge in [-0.1, -0.05) is 12.1 Å². The molecule has 0 bridgehead atoms. The highest BCUT2D eigenvalue weighted by atomic mass is 19.1. The lowest BCUT2D eigenvalue weighted by atomic mass is 10.2. The van der Waals surface area contributed by atoms with Crippen molar-refractivity contribution in [3.63, 3.8) is 0 Å². The van der Waals surface area contributed by atoms with Gasteiger partial charge in [-0.25, -0.2) is 13.9 Å². The van der Waals surface area contributed by atoms with Crippen molar-refractivity contribution in [2.24, 2.45) is 0 Å². The zero-order chi connectivity index (χ0) is 16.2. The van der Waals surface area contributed by atoms with Crippen LogP contribution in [0.4, 0.5) is 20.6 Å². The molecule has 1 amide bonds. The Hall–Kier alpha value is -2.64. The molecule has 1 aliphatic heterocycles. The lowest BCUT2D eigenvalue weighted by molar-refractivity contribution is 0.129. The summed E-state index contributed by atoms with van der Waals surface area (Å²) in [7, 11) is 0. The third-order valence-corrected chi connectivity index (χ3v) is 3.57. The van der Waals surface area contributed by atoms with Gasteiger partial charge in [0.05, 0.1) is 30.7 Å². The van der Waals surface area contributed by atoms with Crippen molar-refractivity contribution in [2.75, 3.05) is 23.3 Å². The second kappa shape index (κ2) is 6.64. The lowest BCUT2D eigenvalue weighted by Crippen LogP contribution is -2.26. The predicted molar refractivity (Wildman–Crippen MR) is 82.8 cm³/mol. The van der Waals surface area contributed by atoms with Crippen LogP contribution in [0.2, 0.25) is 0 Å². The van der Waals surface area contributed by atoms with Crippen LogP contribution in [0.1, 0.15) is 13.3 Å². The highest BCUT2D eigenvalue weighted by molar-refractivity contribution is 5.90. The molecule has 3 rings (SSSR count). The summed E-state index contributed by atoms with van der Waals surface area (Å²) in [5, 5.41) is 10.6. The number of ether oxygens (including phenoxy) is 1. The van der Waals surface area contributed by atoms with Crippen molar-refractivity contribution in [3.05, 3.63) is 36.4 Å². The number of carbonyl (C=O) groups excluding carboxylic acids is 1. The maximum Gasteiger partial charge on any atom is 0.414 e. The summed E-state index contributed by atoms with van der Waals surface area (Å²) in [6.07, 6.45) is 3.34. The molecule has 2 heterocycles. The number of benzene rings is 1. The minimum Gasteiger partial charge on any atom is -0.442 e. The van der Waals surface area contributed by atoms with Gasteiger partial charge < -0.3 is 10.1 Å². The molecule has 7 nitrogen and oxygen atoms in total. The molecule has 1 saturated heterocycles. The van der Waals surface area contributed by atoms with Crippen molar-refractivity contribution >= 4 is 17.5 Å². The zero-order valence-electron chi connectivity index (χ0n) is 12.8. The number of nitrogens with zero attached hydrogens (tertiary/aromatic N) is 4. The summed E-state index contributed by atoms with van der Waals surface area (Å²) in [4.78, 5) is 13.4. The van der Waals surface area contributed by atoms with E-state index < -0.39 is 6.09 Å². The number of carbonyl (C=O) groups is 1. The third kappa shape index (κ3) is 3.41. The Kier molecular flexibility index (Phi) is 4.40. The molecule has 1 atom stereocenters. The van der Waals surface area contributed by atoms with Gasteiger partial charge in [-0.2, -0.15) is 0 Å². The summed E-state index contributed by atoms with van der Waals surface area (Å²) in [6.45, 7) is 3.47. The third-order valence-electron chi connectivity index (χ3n) is 3.57. The van der Waals surface area contributed by atoms with Crippen molar-refractivity contribution < 1.29 is 13.9 Å². The molecule has 1 N–H and O–H groups in total. The summed E-state index contributed by atoms with van der Waals surface area (Å²) >= 11 is 0. The second-order valence-corrected chi connectivity index (χ2v) is 5.33. The number of cyclic esters (lactones) is 1. The lowest BCUT2D eigenvalue weighted by Gasteiger charge is -2.15. The van der Waals surface area contributed by atoms with Crippen LogP contribution in [0.15, 0.2) is 30.6 Å². The molecule has 0 radical (unpaired) electrons. The molecule has 1 aliphatic rings. The molecule has 8 heteroatoms. The monoisotopic (exact) mass is 319 g/mol. The Bertz CT molecular complexity index is 677. The van der Waals surface area contributed by atoms with E-state index >= 15 is 0 Å². The van der Waals surface area contributed by atoms with E-state index in [0.29, 0.717) is 31.0 Å². The van der Waals surface area contributed by atoms with Gasteiger partial charge in [-0.15, -0.1) is 5.10 Å². The van der Waals surface area contributed by atoms with Gasteiger partial charge >= 0.3 is 6.09 Å². The number of aromatic nitrogens is 3. The van der Waals surface area contributed by atoms with Crippen molar-refractivity contribution in [1.29, 1.82) is 0 Å². The van der Waals surface area contributed by atoms with Gasteiger partial charge in [0.1, 0.15) is 11.9 Å². The first-order valence-electron chi connectivity index (χ1n) is 7.53. The summed E-state index contributed by atoms with van der Waals surface area (Å²) in [6, 6.07) is 4.69. The SMILES string of the molecule is CCCNc1ccc(N2C[C@H](Cn3ccnn3)OC2=O)cc1F. The van der Waals surface area contributed by atoms with Gasteiger partial charge in [0.2, 0.25) is 0 Å². The van der Waals surface area contributed by atoms with Crippen molar-refractivity contribution in [2.45, 2.75) is 26.0 Å². The largest absolute Gasteiger partial charge is 0.442 e. The summed E-state index contributed by atoms with van der Waals surface area (Å²) < 4.78 is 21.0. The normalized spacial score (nSPS) is 17.4. The Morgan fingerprint density at radius 3 is 3.04 bits per heavy atom. The number of hydrogen-bond acceptors (Lipinski definition) is 5. The smallest absolute Gasteiger partial charge is 0.414 e.